The summed E-state index contributed by atoms with van der Waals surface area (Å²) in [6.45, 7) is 2.00. The first-order valence-corrected chi connectivity index (χ1v) is 12.6. The largest absolute Gasteiger partial charge is 0.383 e. The van der Waals surface area contributed by atoms with E-state index < -0.39 is 10.0 Å². The number of amides is 1. The third-order valence-electron chi connectivity index (χ3n) is 6.30. The van der Waals surface area contributed by atoms with Gasteiger partial charge in [0.1, 0.15) is 5.76 Å². The molecule has 0 radical (unpaired) electrons. The Morgan fingerprint density at radius 3 is 2.63 bits per heavy atom. The van der Waals surface area contributed by atoms with Gasteiger partial charge in [0.15, 0.2) is 5.69 Å². The van der Waals surface area contributed by atoms with E-state index in [2.05, 4.69) is 15.8 Å². The fourth-order valence-electron chi connectivity index (χ4n) is 4.71. The first kappa shape index (κ1) is 21.7. The number of fused-ring (bicyclic) bond motifs is 2. The summed E-state index contributed by atoms with van der Waals surface area (Å²) in [5.74, 6) is 1.13. The maximum Gasteiger partial charge on any atom is 0.273 e. The molecule has 0 aromatic carbocycles. The summed E-state index contributed by atoms with van der Waals surface area (Å²) < 4.78 is 37.8. The number of hydrogen-bond acceptors (Lipinski definition) is 7. The van der Waals surface area contributed by atoms with Gasteiger partial charge >= 0.3 is 0 Å². The lowest BCUT2D eigenvalue weighted by atomic mass is 9.99. The lowest BCUT2D eigenvalue weighted by Gasteiger charge is -2.38. The Labute approximate surface area is 177 Å². The molecule has 2 N–H and O–H groups in total. The van der Waals surface area contributed by atoms with Crippen LogP contribution in [0.15, 0.2) is 10.6 Å². The Balaban J connectivity index is 1.27. The fraction of sp³-hybridized carbons (Fsp3) is 0.800. The molecule has 0 unspecified atom stereocenters. The number of nitrogens with one attached hydrogen (secondary N) is 2. The van der Waals surface area contributed by atoms with E-state index in [9.17, 15) is 13.2 Å². The standard InChI is InChI=1S/C20H32N4O5S/c1-28-9-8-21-7-2-10-30(26,27)24-16-5-6-17(24)12-15(11-16)22-20(25)18-13-19(29-23-18)14-3-4-14/h13-17,21H,2-12H2,1H3,(H,22,25)/t15-,16+,17-. The topological polar surface area (TPSA) is 114 Å². The van der Waals surface area contributed by atoms with Crippen LogP contribution in [0.5, 0.6) is 0 Å². The average Bonchev–Trinajstić information content (AvgIpc) is 3.36. The van der Waals surface area contributed by atoms with Crippen molar-refractivity contribution in [3.63, 3.8) is 0 Å². The van der Waals surface area contributed by atoms with Gasteiger partial charge in [0.25, 0.3) is 5.91 Å². The van der Waals surface area contributed by atoms with Crippen LogP contribution < -0.4 is 10.6 Å². The van der Waals surface area contributed by atoms with Crippen molar-refractivity contribution in [2.45, 2.75) is 69.0 Å². The number of rotatable bonds is 11. The second-order valence-electron chi connectivity index (χ2n) is 8.66. The van der Waals surface area contributed by atoms with Crippen molar-refractivity contribution >= 4 is 15.9 Å². The molecule has 10 heteroatoms. The molecule has 168 valence electrons. The van der Waals surface area contributed by atoms with Gasteiger partial charge in [-0.2, -0.15) is 4.31 Å². The summed E-state index contributed by atoms with van der Waals surface area (Å²) in [6.07, 6.45) is 5.79. The molecule has 2 aliphatic heterocycles. The molecular weight excluding hydrogens is 408 g/mol. The molecule has 2 saturated heterocycles. The number of sulfonamides is 1. The maximum absolute atomic E-state index is 12.9. The molecule has 3 aliphatic rings. The second-order valence-corrected chi connectivity index (χ2v) is 10.7. The van der Waals surface area contributed by atoms with Gasteiger partial charge in [-0.25, -0.2) is 8.42 Å². The molecule has 3 heterocycles. The van der Waals surface area contributed by atoms with E-state index in [-0.39, 0.29) is 29.8 Å². The van der Waals surface area contributed by atoms with Crippen LogP contribution in [-0.4, -0.2) is 74.5 Å². The monoisotopic (exact) mass is 440 g/mol. The summed E-state index contributed by atoms with van der Waals surface area (Å²) in [5, 5.41) is 10.1. The van der Waals surface area contributed by atoms with Crippen molar-refractivity contribution in [1.29, 1.82) is 0 Å². The summed E-state index contributed by atoms with van der Waals surface area (Å²) >= 11 is 0. The molecule has 1 amide bonds. The summed E-state index contributed by atoms with van der Waals surface area (Å²) in [4.78, 5) is 12.5. The van der Waals surface area contributed by atoms with Gasteiger partial charge in [0.05, 0.1) is 12.4 Å². The van der Waals surface area contributed by atoms with Crippen molar-refractivity contribution in [1.82, 2.24) is 20.1 Å². The minimum atomic E-state index is -3.29. The van der Waals surface area contributed by atoms with Gasteiger partial charge in [-0.3, -0.25) is 4.79 Å². The molecule has 4 rings (SSSR count). The van der Waals surface area contributed by atoms with E-state index in [0.29, 0.717) is 44.0 Å². The summed E-state index contributed by atoms with van der Waals surface area (Å²) in [6, 6.07) is 1.65. The predicted octanol–water partition coefficient (Wildman–Crippen LogP) is 1.23. The highest BCUT2D eigenvalue weighted by atomic mass is 32.2. The third kappa shape index (κ3) is 5.04. The van der Waals surface area contributed by atoms with Crippen molar-refractivity contribution < 1.29 is 22.5 Å². The first-order valence-electron chi connectivity index (χ1n) is 11.0. The smallest absolute Gasteiger partial charge is 0.273 e. The highest BCUT2D eigenvalue weighted by Crippen LogP contribution is 2.40. The SMILES string of the molecule is COCCNCCCS(=O)(=O)N1[C@@H]2CC[C@H]1C[C@@H](NC(=O)c1cc(C3CC3)on1)C2. The third-order valence-corrected chi connectivity index (χ3v) is 8.35. The number of ether oxygens (including phenoxy) is 1. The number of methoxy groups -OCH3 is 1. The Kier molecular flexibility index (Phi) is 6.76. The van der Waals surface area contributed by atoms with Crippen LogP contribution in [0.2, 0.25) is 0 Å². The van der Waals surface area contributed by atoms with E-state index in [4.69, 9.17) is 9.26 Å². The van der Waals surface area contributed by atoms with Crippen molar-refractivity contribution in [3.8, 4) is 0 Å². The van der Waals surface area contributed by atoms with Crippen LogP contribution in [0, 0.1) is 0 Å². The highest BCUT2D eigenvalue weighted by Gasteiger charge is 2.46. The lowest BCUT2D eigenvalue weighted by Crippen LogP contribution is -2.53. The predicted molar refractivity (Wildman–Crippen MR) is 111 cm³/mol. The molecule has 3 fully saturated rings. The van der Waals surface area contributed by atoms with Gasteiger partial charge in [0.2, 0.25) is 10.0 Å². The van der Waals surface area contributed by atoms with E-state index in [1.165, 1.54) is 0 Å². The Hall–Kier alpha value is -1.49. The number of carbonyl (C=O) groups excluding carboxylic acids is 1. The zero-order valence-electron chi connectivity index (χ0n) is 17.5. The van der Waals surface area contributed by atoms with Crippen LogP contribution >= 0.6 is 0 Å². The van der Waals surface area contributed by atoms with E-state index in [1.807, 2.05) is 0 Å². The Morgan fingerprint density at radius 1 is 1.23 bits per heavy atom. The molecule has 1 saturated carbocycles. The summed E-state index contributed by atoms with van der Waals surface area (Å²) in [5.41, 5.74) is 0.320. The normalized spacial score (nSPS) is 26.8. The van der Waals surface area contributed by atoms with Gasteiger partial charge in [-0.15, -0.1) is 0 Å². The molecule has 1 aliphatic carbocycles. The van der Waals surface area contributed by atoms with Gasteiger partial charge in [0, 0.05) is 43.8 Å². The lowest BCUT2D eigenvalue weighted by molar-refractivity contribution is 0.0900. The minimum Gasteiger partial charge on any atom is -0.383 e. The van der Waals surface area contributed by atoms with Crippen LogP contribution in [0.1, 0.15) is 67.1 Å². The van der Waals surface area contributed by atoms with Crippen LogP contribution in [-0.2, 0) is 14.8 Å². The first-order chi connectivity index (χ1) is 14.5. The van der Waals surface area contributed by atoms with E-state index in [0.717, 1.165) is 38.0 Å². The number of hydrogen-bond donors (Lipinski definition) is 2. The molecule has 30 heavy (non-hydrogen) atoms. The van der Waals surface area contributed by atoms with Crippen LogP contribution in [0.25, 0.3) is 0 Å². The Morgan fingerprint density at radius 2 is 1.97 bits per heavy atom. The van der Waals surface area contributed by atoms with Crippen LogP contribution in [0.4, 0.5) is 0 Å². The number of carbonyl (C=O) groups is 1. The molecule has 3 atom stereocenters. The van der Waals surface area contributed by atoms with E-state index in [1.54, 1.807) is 17.5 Å². The molecule has 9 nitrogen and oxygen atoms in total. The van der Waals surface area contributed by atoms with Crippen molar-refractivity contribution in [2.75, 3.05) is 32.6 Å². The fourth-order valence-corrected chi connectivity index (χ4v) is 6.72. The molecule has 0 spiro atoms. The minimum absolute atomic E-state index is 0.0279. The molecule has 1 aromatic rings. The van der Waals surface area contributed by atoms with E-state index >= 15 is 0 Å². The maximum atomic E-state index is 12.9. The van der Waals surface area contributed by atoms with Crippen LogP contribution in [0.3, 0.4) is 0 Å². The van der Waals surface area contributed by atoms with Crippen molar-refractivity contribution in [2.24, 2.45) is 0 Å². The second kappa shape index (κ2) is 9.33. The van der Waals surface area contributed by atoms with Crippen molar-refractivity contribution in [3.05, 3.63) is 17.5 Å². The zero-order valence-corrected chi connectivity index (χ0v) is 18.3. The average molecular weight is 441 g/mol. The molecular formula is C20H32N4O5S. The molecule has 1 aromatic heterocycles. The van der Waals surface area contributed by atoms with Gasteiger partial charge in [-0.1, -0.05) is 5.16 Å². The quantitative estimate of drug-likeness (QED) is 0.498. The number of piperidine rings is 1. The van der Waals surface area contributed by atoms with Gasteiger partial charge in [-0.05, 0) is 51.5 Å². The highest BCUT2D eigenvalue weighted by molar-refractivity contribution is 7.89. The number of aromatic nitrogens is 1. The molecule has 2 bridgehead atoms. The number of nitrogens with zero attached hydrogens (tertiary/aromatic N) is 2. The van der Waals surface area contributed by atoms with Gasteiger partial charge < -0.3 is 19.9 Å². The summed E-state index contributed by atoms with van der Waals surface area (Å²) in [7, 11) is -1.65. The Bertz CT molecular complexity index is 824. The zero-order chi connectivity index (χ0) is 21.1.